The second-order valence-electron chi connectivity index (χ2n) is 4.06. The van der Waals surface area contributed by atoms with Crippen molar-refractivity contribution in [3.05, 3.63) is 28.2 Å². The third-order valence-corrected chi connectivity index (χ3v) is 4.46. The molecule has 0 radical (unpaired) electrons. The smallest absolute Gasteiger partial charge is 0.308 e. The molecule has 0 aliphatic rings. The number of carboxylic acids is 1. The molecule has 2 aromatic heterocycles. The quantitative estimate of drug-likeness (QED) is 0.874. The molecule has 7 heteroatoms. The average Bonchev–Trinajstić information content (AvgIpc) is 2.56. The first-order valence-corrected chi connectivity index (χ1v) is 7.25. The number of rotatable bonds is 4. The minimum Gasteiger partial charge on any atom is -0.481 e. The van der Waals surface area contributed by atoms with Crippen LogP contribution < -0.4 is 0 Å². The van der Waals surface area contributed by atoms with Crippen LogP contribution in [0.25, 0.3) is 0 Å². The summed E-state index contributed by atoms with van der Waals surface area (Å²) in [5.41, 5.74) is 1.69. The molecule has 0 bridgehead atoms. The summed E-state index contributed by atoms with van der Waals surface area (Å²) in [6, 6.07) is 1.89. The topological polar surface area (TPSA) is 76.0 Å². The summed E-state index contributed by atoms with van der Waals surface area (Å²) in [5.74, 6) is -0.112. The molecule has 2 aromatic rings. The highest BCUT2D eigenvalue weighted by atomic mass is 32.2. The van der Waals surface area contributed by atoms with E-state index in [9.17, 15) is 4.79 Å². The van der Waals surface area contributed by atoms with Crippen LogP contribution in [-0.2, 0) is 11.2 Å². The minimum absolute atomic E-state index is 0.0197. The summed E-state index contributed by atoms with van der Waals surface area (Å²) in [6.45, 7) is 5.59. The number of carbonyl (C=O) groups is 1. The van der Waals surface area contributed by atoms with Gasteiger partial charge in [-0.2, -0.15) is 0 Å². The fourth-order valence-electron chi connectivity index (χ4n) is 1.57. The zero-order chi connectivity index (χ0) is 14.0. The SMILES string of the molecule is Cc1cc(Sc2nc(C)c(CC(=O)O)s2)nc(C)n1. The Kier molecular flexibility index (Phi) is 4.16. The molecule has 1 N–H and O–H groups in total. The Hall–Kier alpha value is -1.47. The van der Waals surface area contributed by atoms with Crippen LogP contribution in [0.15, 0.2) is 15.4 Å². The van der Waals surface area contributed by atoms with Crippen molar-refractivity contribution < 1.29 is 9.90 Å². The largest absolute Gasteiger partial charge is 0.481 e. The van der Waals surface area contributed by atoms with E-state index in [1.807, 2.05) is 26.8 Å². The van der Waals surface area contributed by atoms with Gasteiger partial charge in [0, 0.05) is 10.6 Å². The zero-order valence-corrected chi connectivity index (χ0v) is 12.4. The maximum absolute atomic E-state index is 10.7. The number of carboxylic acid groups (broad SMARTS) is 1. The maximum Gasteiger partial charge on any atom is 0.308 e. The Balaban J connectivity index is 2.21. The van der Waals surface area contributed by atoms with Crippen LogP contribution in [0.5, 0.6) is 0 Å². The van der Waals surface area contributed by atoms with Crippen molar-refractivity contribution in [1.82, 2.24) is 15.0 Å². The molecule has 0 saturated heterocycles. The van der Waals surface area contributed by atoms with E-state index in [1.54, 1.807) is 0 Å². The van der Waals surface area contributed by atoms with Gasteiger partial charge in [0.05, 0.1) is 12.1 Å². The highest BCUT2D eigenvalue weighted by Gasteiger charge is 2.12. The second-order valence-corrected chi connectivity index (χ2v) is 6.41. The molecule has 0 amide bonds. The summed E-state index contributed by atoms with van der Waals surface area (Å²) >= 11 is 2.85. The third-order valence-electron chi connectivity index (χ3n) is 2.32. The summed E-state index contributed by atoms with van der Waals surface area (Å²) in [4.78, 5) is 24.4. The lowest BCUT2D eigenvalue weighted by Gasteiger charge is -2.00. The van der Waals surface area contributed by atoms with Gasteiger partial charge in [-0.25, -0.2) is 15.0 Å². The first-order chi connectivity index (χ1) is 8.94. The molecule has 0 aliphatic carbocycles. The van der Waals surface area contributed by atoms with E-state index in [-0.39, 0.29) is 6.42 Å². The highest BCUT2D eigenvalue weighted by Crippen LogP contribution is 2.32. The van der Waals surface area contributed by atoms with Crippen LogP contribution >= 0.6 is 23.1 Å². The van der Waals surface area contributed by atoms with Crippen molar-refractivity contribution in [2.45, 2.75) is 36.6 Å². The van der Waals surface area contributed by atoms with Gasteiger partial charge < -0.3 is 5.11 Å². The fraction of sp³-hybridized carbons (Fsp3) is 0.333. The molecule has 0 unspecified atom stereocenters. The zero-order valence-electron chi connectivity index (χ0n) is 10.8. The average molecular weight is 295 g/mol. The number of aryl methyl sites for hydroxylation is 3. The Morgan fingerprint density at radius 2 is 2.05 bits per heavy atom. The number of aromatic nitrogens is 3. The van der Waals surface area contributed by atoms with Crippen molar-refractivity contribution in [1.29, 1.82) is 0 Å². The maximum atomic E-state index is 10.7. The van der Waals surface area contributed by atoms with Crippen LogP contribution in [-0.4, -0.2) is 26.0 Å². The van der Waals surface area contributed by atoms with Gasteiger partial charge in [-0.15, -0.1) is 11.3 Å². The van der Waals surface area contributed by atoms with Crippen molar-refractivity contribution in [2.75, 3.05) is 0 Å². The lowest BCUT2D eigenvalue weighted by Crippen LogP contribution is -1.99. The second kappa shape index (κ2) is 5.66. The van der Waals surface area contributed by atoms with E-state index in [4.69, 9.17) is 5.11 Å². The Bertz CT molecular complexity index is 605. The molecule has 19 heavy (non-hydrogen) atoms. The number of nitrogens with zero attached hydrogens (tertiary/aromatic N) is 3. The molecule has 0 saturated carbocycles. The van der Waals surface area contributed by atoms with E-state index in [0.29, 0.717) is 0 Å². The Labute approximate surface area is 119 Å². The van der Waals surface area contributed by atoms with Crippen molar-refractivity contribution in [3.63, 3.8) is 0 Å². The van der Waals surface area contributed by atoms with E-state index in [2.05, 4.69) is 15.0 Å². The number of hydrogen-bond acceptors (Lipinski definition) is 6. The van der Waals surface area contributed by atoms with Crippen LogP contribution in [0.2, 0.25) is 0 Å². The van der Waals surface area contributed by atoms with Gasteiger partial charge in [0.2, 0.25) is 0 Å². The molecule has 2 heterocycles. The van der Waals surface area contributed by atoms with Crippen LogP contribution in [0.1, 0.15) is 22.1 Å². The first kappa shape index (κ1) is 14.0. The number of hydrogen-bond donors (Lipinski definition) is 1. The van der Waals surface area contributed by atoms with Crippen LogP contribution in [0, 0.1) is 20.8 Å². The highest BCUT2D eigenvalue weighted by molar-refractivity contribution is 8.01. The molecule has 0 aliphatic heterocycles. The predicted molar refractivity (Wildman–Crippen MR) is 73.8 cm³/mol. The Morgan fingerprint density at radius 3 is 2.68 bits per heavy atom. The van der Waals surface area contributed by atoms with E-state index >= 15 is 0 Å². The van der Waals surface area contributed by atoms with Crippen LogP contribution in [0.4, 0.5) is 0 Å². The summed E-state index contributed by atoms with van der Waals surface area (Å²) in [5, 5.41) is 9.65. The predicted octanol–water partition coefficient (Wildman–Crippen LogP) is 2.64. The number of aliphatic carboxylic acids is 1. The van der Waals surface area contributed by atoms with Gasteiger partial charge in [-0.1, -0.05) is 0 Å². The first-order valence-electron chi connectivity index (χ1n) is 5.62. The molecule has 5 nitrogen and oxygen atoms in total. The van der Waals surface area contributed by atoms with Crippen molar-refractivity contribution in [2.24, 2.45) is 0 Å². The summed E-state index contributed by atoms with van der Waals surface area (Å²) < 4.78 is 0.811. The molecule has 0 spiro atoms. The summed E-state index contributed by atoms with van der Waals surface area (Å²) in [7, 11) is 0. The molecular formula is C12H13N3O2S2. The molecule has 100 valence electrons. The normalized spacial score (nSPS) is 10.7. The van der Waals surface area contributed by atoms with Gasteiger partial charge >= 0.3 is 5.97 Å². The fourth-order valence-corrected chi connectivity index (χ4v) is 3.85. The van der Waals surface area contributed by atoms with Gasteiger partial charge in [0.1, 0.15) is 10.9 Å². The van der Waals surface area contributed by atoms with Gasteiger partial charge in [0.15, 0.2) is 4.34 Å². The van der Waals surface area contributed by atoms with E-state index < -0.39 is 5.97 Å². The van der Waals surface area contributed by atoms with E-state index in [1.165, 1.54) is 23.1 Å². The standard InChI is InChI=1S/C12H13N3O2S2/c1-6-4-10(15-8(3)13-6)19-12-14-7(2)9(18-12)5-11(16)17/h4H,5H2,1-3H3,(H,16,17). The van der Waals surface area contributed by atoms with Crippen molar-refractivity contribution in [3.8, 4) is 0 Å². The molecule has 0 fully saturated rings. The summed E-state index contributed by atoms with van der Waals surface area (Å²) in [6.07, 6.45) is 0.0197. The molecular weight excluding hydrogens is 282 g/mol. The van der Waals surface area contributed by atoms with Crippen molar-refractivity contribution >= 4 is 29.1 Å². The minimum atomic E-state index is -0.836. The van der Waals surface area contributed by atoms with E-state index in [0.717, 1.165) is 31.5 Å². The van der Waals surface area contributed by atoms with Gasteiger partial charge in [0.25, 0.3) is 0 Å². The monoisotopic (exact) mass is 295 g/mol. The lowest BCUT2D eigenvalue weighted by molar-refractivity contribution is -0.136. The van der Waals surface area contributed by atoms with Gasteiger partial charge in [-0.3, -0.25) is 4.79 Å². The molecule has 2 rings (SSSR count). The number of thiazole rings is 1. The molecule has 0 aromatic carbocycles. The van der Waals surface area contributed by atoms with Crippen LogP contribution in [0.3, 0.4) is 0 Å². The lowest BCUT2D eigenvalue weighted by atomic mass is 10.3. The molecule has 0 atom stereocenters. The third kappa shape index (κ3) is 3.74. The Morgan fingerprint density at radius 1 is 1.32 bits per heavy atom. The van der Waals surface area contributed by atoms with Gasteiger partial charge in [-0.05, 0) is 38.6 Å².